The zero-order valence-corrected chi connectivity index (χ0v) is 12.3. The molecular weight excluding hydrogens is 299 g/mol. The smallest absolute Gasteiger partial charge is 0.127 e. The van der Waals surface area contributed by atoms with Gasteiger partial charge in [0.05, 0.1) is 6.10 Å². The van der Waals surface area contributed by atoms with Crippen LogP contribution in [0.5, 0.6) is 0 Å². The number of aliphatic hydroxyl groups excluding tert-OH is 1. The minimum absolute atomic E-state index is 0.218. The molecule has 1 atom stereocenters. The number of hydrogen-bond acceptors (Lipinski definition) is 3. The fourth-order valence-electron chi connectivity index (χ4n) is 1.75. The van der Waals surface area contributed by atoms with Crippen LogP contribution in [-0.4, -0.2) is 30.8 Å². The average molecular weight is 319 g/mol. The normalized spacial score (nSPS) is 13.7. The summed E-state index contributed by atoms with van der Waals surface area (Å²) < 4.78 is 14.7. The van der Waals surface area contributed by atoms with Gasteiger partial charge in [-0.3, -0.25) is 0 Å². The second-order valence-corrected chi connectivity index (χ2v) is 5.94. The predicted molar refractivity (Wildman–Crippen MR) is 75.1 cm³/mol. The summed E-state index contributed by atoms with van der Waals surface area (Å²) in [6.45, 7) is 5.12. The monoisotopic (exact) mass is 318 g/mol. The lowest BCUT2D eigenvalue weighted by Crippen LogP contribution is -2.39. The summed E-state index contributed by atoms with van der Waals surface area (Å²) >= 11 is 3.35. The quantitative estimate of drug-likeness (QED) is 0.749. The first kappa shape index (κ1) is 15.6. The van der Waals surface area contributed by atoms with Gasteiger partial charge in [-0.05, 0) is 23.8 Å². The summed E-state index contributed by atoms with van der Waals surface area (Å²) in [6, 6.07) is 4.92. The van der Waals surface area contributed by atoms with E-state index in [1.165, 1.54) is 6.07 Å². The molecule has 0 aliphatic carbocycles. The summed E-state index contributed by atoms with van der Waals surface area (Å²) in [6.07, 6.45) is -0.562. The van der Waals surface area contributed by atoms with E-state index >= 15 is 0 Å². The molecular formula is C13H20BrFN2O. The van der Waals surface area contributed by atoms with Crippen LogP contribution in [0, 0.1) is 5.82 Å². The minimum atomic E-state index is -0.562. The molecule has 1 aromatic carbocycles. The zero-order valence-electron chi connectivity index (χ0n) is 10.7. The van der Waals surface area contributed by atoms with Crippen LogP contribution in [-0.2, 0) is 5.41 Å². The highest BCUT2D eigenvalue weighted by atomic mass is 79.9. The highest BCUT2D eigenvalue weighted by molar-refractivity contribution is 9.10. The van der Waals surface area contributed by atoms with E-state index in [0.717, 1.165) is 4.47 Å². The summed E-state index contributed by atoms with van der Waals surface area (Å²) in [5.41, 5.74) is 5.61. The molecule has 0 fully saturated rings. The van der Waals surface area contributed by atoms with Gasteiger partial charge in [-0.2, -0.15) is 0 Å². The maximum atomic E-state index is 13.8. The summed E-state index contributed by atoms with van der Waals surface area (Å²) in [5, 5.41) is 12.5. The molecule has 0 bridgehead atoms. The molecule has 4 N–H and O–H groups in total. The van der Waals surface area contributed by atoms with E-state index in [9.17, 15) is 9.50 Å². The fraction of sp³-hybridized carbons (Fsp3) is 0.538. The standard InChI is InChI=1S/C13H20BrFN2O/c1-13(2,8-17-7-10(18)6-16)11-5-9(14)3-4-12(11)15/h3-5,10,17-18H,6-8,16H2,1-2H3. The number of hydrogen-bond donors (Lipinski definition) is 3. The Hall–Kier alpha value is -0.490. The maximum absolute atomic E-state index is 13.8. The van der Waals surface area contributed by atoms with Crippen LogP contribution in [0.15, 0.2) is 22.7 Å². The van der Waals surface area contributed by atoms with Crippen LogP contribution in [0.1, 0.15) is 19.4 Å². The van der Waals surface area contributed by atoms with Crippen LogP contribution in [0.25, 0.3) is 0 Å². The second-order valence-electron chi connectivity index (χ2n) is 5.03. The molecule has 0 spiro atoms. The number of nitrogens with one attached hydrogen (secondary N) is 1. The number of benzene rings is 1. The van der Waals surface area contributed by atoms with Gasteiger partial charge in [-0.1, -0.05) is 29.8 Å². The Bertz CT molecular complexity index is 399. The molecule has 0 aliphatic heterocycles. The highest BCUT2D eigenvalue weighted by Crippen LogP contribution is 2.27. The van der Waals surface area contributed by atoms with Crippen LogP contribution in [0.3, 0.4) is 0 Å². The lowest BCUT2D eigenvalue weighted by molar-refractivity contribution is 0.177. The molecule has 102 valence electrons. The van der Waals surface area contributed by atoms with Crippen molar-refractivity contribution in [3.63, 3.8) is 0 Å². The van der Waals surface area contributed by atoms with Gasteiger partial charge in [0.25, 0.3) is 0 Å². The van der Waals surface area contributed by atoms with E-state index in [-0.39, 0.29) is 17.8 Å². The third-order valence-electron chi connectivity index (χ3n) is 2.88. The molecule has 0 aliphatic rings. The molecule has 0 saturated carbocycles. The number of aliphatic hydroxyl groups is 1. The second kappa shape index (κ2) is 6.61. The van der Waals surface area contributed by atoms with Gasteiger partial charge in [-0.15, -0.1) is 0 Å². The van der Waals surface area contributed by atoms with Gasteiger partial charge >= 0.3 is 0 Å². The van der Waals surface area contributed by atoms with Crippen LogP contribution in [0.2, 0.25) is 0 Å². The van der Waals surface area contributed by atoms with Crippen molar-refractivity contribution in [3.05, 3.63) is 34.1 Å². The first-order chi connectivity index (χ1) is 8.36. The Balaban J connectivity index is 2.70. The van der Waals surface area contributed by atoms with Gasteiger partial charge < -0.3 is 16.2 Å². The van der Waals surface area contributed by atoms with Crippen LogP contribution >= 0.6 is 15.9 Å². The van der Waals surface area contributed by atoms with Crippen LogP contribution in [0.4, 0.5) is 4.39 Å². The molecule has 0 amide bonds. The molecule has 1 rings (SSSR count). The van der Waals surface area contributed by atoms with E-state index < -0.39 is 6.10 Å². The van der Waals surface area contributed by atoms with Crippen LogP contribution < -0.4 is 11.1 Å². The predicted octanol–water partition coefficient (Wildman–Crippen LogP) is 1.77. The minimum Gasteiger partial charge on any atom is -0.390 e. The molecule has 0 aromatic heterocycles. The third kappa shape index (κ3) is 4.31. The SMILES string of the molecule is CC(C)(CNCC(O)CN)c1cc(Br)ccc1F. The van der Waals surface area contributed by atoms with E-state index in [1.54, 1.807) is 12.1 Å². The van der Waals surface area contributed by atoms with Crippen molar-refractivity contribution in [1.29, 1.82) is 0 Å². The van der Waals surface area contributed by atoms with Crippen molar-refractivity contribution in [2.24, 2.45) is 5.73 Å². The molecule has 0 saturated heterocycles. The first-order valence-electron chi connectivity index (χ1n) is 5.91. The highest BCUT2D eigenvalue weighted by Gasteiger charge is 2.24. The van der Waals surface area contributed by atoms with Crippen molar-refractivity contribution in [3.8, 4) is 0 Å². The summed E-state index contributed by atoms with van der Waals surface area (Å²) in [5.74, 6) is -0.218. The molecule has 0 heterocycles. The maximum Gasteiger partial charge on any atom is 0.127 e. The van der Waals surface area contributed by atoms with Gasteiger partial charge in [0.1, 0.15) is 5.82 Å². The Labute approximate surface area is 116 Å². The first-order valence-corrected chi connectivity index (χ1v) is 6.70. The Morgan fingerprint density at radius 3 is 2.78 bits per heavy atom. The summed E-state index contributed by atoms with van der Waals surface area (Å²) in [7, 11) is 0. The summed E-state index contributed by atoms with van der Waals surface area (Å²) in [4.78, 5) is 0. The largest absolute Gasteiger partial charge is 0.390 e. The number of rotatable bonds is 6. The molecule has 18 heavy (non-hydrogen) atoms. The fourth-order valence-corrected chi connectivity index (χ4v) is 2.11. The van der Waals surface area contributed by atoms with E-state index in [1.807, 2.05) is 13.8 Å². The van der Waals surface area contributed by atoms with Gasteiger partial charge in [0.2, 0.25) is 0 Å². The molecule has 1 aromatic rings. The topological polar surface area (TPSA) is 58.3 Å². The van der Waals surface area contributed by atoms with Crippen molar-refractivity contribution < 1.29 is 9.50 Å². The average Bonchev–Trinajstić information content (AvgIpc) is 2.31. The molecule has 1 unspecified atom stereocenters. The van der Waals surface area contributed by atoms with Gasteiger partial charge in [0.15, 0.2) is 0 Å². The zero-order chi connectivity index (χ0) is 13.8. The van der Waals surface area contributed by atoms with Crippen molar-refractivity contribution in [2.45, 2.75) is 25.4 Å². The Kier molecular flexibility index (Phi) is 5.72. The molecule has 3 nitrogen and oxygen atoms in total. The lowest BCUT2D eigenvalue weighted by Gasteiger charge is -2.27. The van der Waals surface area contributed by atoms with Crippen molar-refractivity contribution in [1.82, 2.24) is 5.32 Å². The van der Waals surface area contributed by atoms with E-state index in [2.05, 4.69) is 21.2 Å². The van der Waals surface area contributed by atoms with Crippen molar-refractivity contribution >= 4 is 15.9 Å². The lowest BCUT2D eigenvalue weighted by atomic mass is 9.84. The molecule has 0 radical (unpaired) electrons. The van der Waals surface area contributed by atoms with Crippen molar-refractivity contribution in [2.75, 3.05) is 19.6 Å². The Morgan fingerprint density at radius 2 is 2.17 bits per heavy atom. The van der Waals surface area contributed by atoms with Gasteiger partial charge in [0, 0.05) is 29.5 Å². The van der Waals surface area contributed by atoms with Gasteiger partial charge in [-0.25, -0.2) is 4.39 Å². The molecule has 5 heteroatoms. The van der Waals surface area contributed by atoms with E-state index in [0.29, 0.717) is 18.7 Å². The Morgan fingerprint density at radius 1 is 1.50 bits per heavy atom. The third-order valence-corrected chi connectivity index (χ3v) is 3.37. The number of nitrogens with two attached hydrogens (primary N) is 1. The van der Waals surface area contributed by atoms with E-state index in [4.69, 9.17) is 5.73 Å². The number of halogens is 2.